The maximum absolute atomic E-state index is 3.96. The molecular formula is C10H11N. The van der Waals surface area contributed by atoms with Gasteiger partial charge in [-0.15, -0.1) is 0 Å². The summed E-state index contributed by atoms with van der Waals surface area (Å²) >= 11 is 0. The molecule has 0 aromatic carbocycles. The molecule has 0 radical (unpaired) electrons. The molecule has 0 unspecified atom stereocenters. The number of hydrogen-bond acceptors (Lipinski definition) is 1. The second-order valence-corrected chi connectivity index (χ2v) is 2.21. The molecule has 11 heavy (non-hydrogen) atoms. The number of aliphatic imine (C=N–C) groups is 1. The fourth-order valence-electron chi connectivity index (χ4n) is 0.807. The third-order valence-corrected chi connectivity index (χ3v) is 1.36. The predicted molar refractivity (Wildman–Crippen MR) is 49.7 cm³/mol. The molecule has 56 valence electrons. The second-order valence-electron chi connectivity index (χ2n) is 2.21. The van der Waals surface area contributed by atoms with Crippen molar-refractivity contribution >= 4 is 6.21 Å². The van der Waals surface area contributed by atoms with Crippen LogP contribution in [0.4, 0.5) is 0 Å². The average Bonchev–Trinajstić information content (AvgIpc) is 2.07. The Labute approximate surface area is 67.2 Å². The van der Waals surface area contributed by atoms with E-state index in [9.17, 15) is 0 Å². The lowest BCUT2D eigenvalue weighted by atomic mass is 10.1. The normalized spacial score (nSPS) is 19.8. The molecule has 0 atom stereocenters. The van der Waals surface area contributed by atoms with Crippen LogP contribution in [0.25, 0.3) is 0 Å². The van der Waals surface area contributed by atoms with Crippen LogP contribution in [-0.4, -0.2) is 6.21 Å². The number of rotatable bonds is 2. The van der Waals surface area contributed by atoms with Gasteiger partial charge in [-0.3, -0.25) is 4.99 Å². The van der Waals surface area contributed by atoms with Crippen LogP contribution in [0.3, 0.4) is 0 Å². The van der Waals surface area contributed by atoms with Crippen molar-refractivity contribution in [3.05, 3.63) is 48.7 Å². The molecule has 1 heterocycles. The van der Waals surface area contributed by atoms with Crippen LogP contribution in [0.2, 0.25) is 0 Å². The van der Waals surface area contributed by atoms with Crippen LogP contribution in [0, 0.1) is 0 Å². The van der Waals surface area contributed by atoms with Gasteiger partial charge in [0.05, 0.1) is 0 Å². The Bertz CT molecular complexity index is 242. The summed E-state index contributed by atoms with van der Waals surface area (Å²) in [6.45, 7) is 3.58. The van der Waals surface area contributed by atoms with Gasteiger partial charge in [0.25, 0.3) is 0 Å². The first kappa shape index (κ1) is 7.73. The van der Waals surface area contributed by atoms with Gasteiger partial charge >= 0.3 is 0 Å². The average molecular weight is 145 g/mol. The smallest absolute Gasteiger partial charge is 0.0266 e. The van der Waals surface area contributed by atoms with Crippen molar-refractivity contribution in [2.24, 2.45) is 4.99 Å². The second kappa shape index (κ2) is 4.45. The van der Waals surface area contributed by atoms with Crippen LogP contribution in [0.15, 0.2) is 53.7 Å². The van der Waals surface area contributed by atoms with Crippen molar-refractivity contribution in [1.29, 1.82) is 0 Å². The molecule has 0 bridgehead atoms. The highest BCUT2D eigenvalue weighted by molar-refractivity contribution is 5.65. The molecule has 0 aliphatic carbocycles. The lowest BCUT2D eigenvalue weighted by Crippen LogP contribution is -1.83. The third-order valence-electron chi connectivity index (χ3n) is 1.36. The summed E-state index contributed by atoms with van der Waals surface area (Å²) < 4.78 is 0. The Balaban J connectivity index is 2.53. The van der Waals surface area contributed by atoms with Gasteiger partial charge in [0.15, 0.2) is 0 Å². The van der Waals surface area contributed by atoms with Crippen LogP contribution < -0.4 is 0 Å². The lowest BCUT2D eigenvalue weighted by Gasteiger charge is -1.97. The van der Waals surface area contributed by atoms with Gasteiger partial charge in [0, 0.05) is 18.8 Å². The summed E-state index contributed by atoms with van der Waals surface area (Å²) in [6.07, 6.45) is 14.3. The molecule has 0 fully saturated rings. The van der Waals surface area contributed by atoms with Crippen molar-refractivity contribution in [2.75, 3.05) is 0 Å². The van der Waals surface area contributed by atoms with Gasteiger partial charge in [-0.25, -0.2) is 0 Å². The van der Waals surface area contributed by atoms with E-state index in [1.165, 1.54) is 5.57 Å². The number of allylic oxidation sites excluding steroid dienone is 6. The van der Waals surface area contributed by atoms with Crippen LogP contribution in [0.1, 0.15) is 6.42 Å². The van der Waals surface area contributed by atoms with Crippen LogP contribution in [-0.2, 0) is 0 Å². The van der Waals surface area contributed by atoms with E-state index < -0.39 is 0 Å². The van der Waals surface area contributed by atoms with Gasteiger partial charge < -0.3 is 0 Å². The van der Waals surface area contributed by atoms with Crippen LogP contribution in [0.5, 0.6) is 0 Å². The summed E-state index contributed by atoms with van der Waals surface area (Å²) in [5.41, 5.74) is 1.28. The zero-order valence-corrected chi connectivity index (χ0v) is 6.40. The highest BCUT2D eigenvalue weighted by atomic mass is 14.7. The Morgan fingerprint density at radius 1 is 1.45 bits per heavy atom. The first-order chi connectivity index (χ1) is 5.43. The van der Waals surface area contributed by atoms with Gasteiger partial charge in [-0.1, -0.05) is 30.9 Å². The van der Waals surface area contributed by atoms with Gasteiger partial charge in [-0.2, -0.15) is 0 Å². The first-order valence-corrected chi connectivity index (χ1v) is 3.60. The van der Waals surface area contributed by atoms with Crippen molar-refractivity contribution in [2.45, 2.75) is 6.42 Å². The number of hydrogen-bond donors (Lipinski definition) is 0. The molecule has 0 spiro atoms. The Hall–Kier alpha value is -1.37. The van der Waals surface area contributed by atoms with Crippen molar-refractivity contribution < 1.29 is 0 Å². The standard InChI is InChI=1S/C10H11N/c1-2-3-4-5-10-6-8-11-9-7-10/h2-6,8-9H,1,7H2/b4-3-,10-5-. The lowest BCUT2D eigenvalue weighted by molar-refractivity contribution is 1.31. The minimum absolute atomic E-state index is 0.929. The highest BCUT2D eigenvalue weighted by Crippen LogP contribution is 2.05. The van der Waals surface area contributed by atoms with Crippen molar-refractivity contribution in [1.82, 2.24) is 0 Å². The van der Waals surface area contributed by atoms with Crippen molar-refractivity contribution in [3.8, 4) is 0 Å². The topological polar surface area (TPSA) is 12.4 Å². The Morgan fingerprint density at radius 2 is 2.36 bits per heavy atom. The van der Waals surface area contributed by atoms with Gasteiger partial charge in [0.1, 0.15) is 0 Å². The third kappa shape index (κ3) is 2.80. The molecule has 0 N–H and O–H groups in total. The Kier molecular flexibility index (Phi) is 3.13. The van der Waals surface area contributed by atoms with E-state index in [0.717, 1.165) is 6.42 Å². The summed E-state index contributed by atoms with van der Waals surface area (Å²) in [4.78, 5) is 3.96. The monoisotopic (exact) mass is 145 g/mol. The summed E-state index contributed by atoms with van der Waals surface area (Å²) in [7, 11) is 0. The minimum atomic E-state index is 0.929. The predicted octanol–water partition coefficient (Wildman–Crippen LogP) is 2.64. The van der Waals surface area contributed by atoms with E-state index in [0.29, 0.717) is 0 Å². The molecule has 0 saturated heterocycles. The molecule has 0 aromatic heterocycles. The largest absolute Gasteiger partial charge is 0.269 e. The molecule has 1 nitrogen and oxygen atoms in total. The first-order valence-electron chi connectivity index (χ1n) is 3.60. The van der Waals surface area contributed by atoms with E-state index in [-0.39, 0.29) is 0 Å². The van der Waals surface area contributed by atoms with E-state index in [1.54, 1.807) is 12.3 Å². The SMILES string of the molecule is C=C/C=C\C=C1\C=CN=CC1. The molecule has 0 amide bonds. The highest BCUT2D eigenvalue weighted by Gasteiger charge is 1.90. The van der Waals surface area contributed by atoms with Gasteiger partial charge in [-0.05, 0) is 11.6 Å². The number of nitrogens with zero attached hydrogens (tertiary/aromatic N) is 1. The maximum atomic E-state index is 3.96. The van der Waals surface area contributed by atoms with E-state index >= 15 is 0 Å². The summed E-state index contributed by atoms with van der Waals surface area (Å²) in [5, 5.41) is 0. The van der Waals surface area contributed by atoms with E-state index in [1.807, 2.05) is 24.4 Å². The fraction of sp³-hybridized carbons (Fsp3) is 0.100. The Morgan fingerprint density at radius 3 is 3.00 bits per heavy atom. The molecule has 0 saturated carbocycles. The zero-order valence-electron chi connectivity index (χ0n) is 6.40. The van der Waals surface area contributed by atoms with E-state index in [4.69, 9.17) is 0 Å². The molecule has 1 rings (SSSR count). The van der Waals surface area contributed by atoms with E-state index in [2.05, 4.69) is 17.6 Å². The molecule has 0 aromatic rings. The molecule has 1 aliphatic rings. The minimum Gasteiger partial charge on any atom is -0.269 e. The van der Waals surface area contributed by atoms with Crippen LogP contribution >= 0.6 is 0 Å². The summed E-state index contributed by atoms with van der Waals surface area (Å²) in [6, 6.07) is 0. The molecule has 1 heteroatoms. The molecule has 1 aliphatic heterocycles. The quantitative estimate of drug-likeness (QED) is 0.530. The van der Waals surface area contributed by atoms with Gasteiger partial charge in [0.2, 0.25) is 0 Å². The maximum Gasteiger partial charge on any atom is 0.0266 e. The molecular weight excluding hydrogens is 134 g/mol. The summed E-state index contributed by atoms with van der Waals surface area (Å²) in [5.74, 6) is 0. The fourth-order valence-corrected chi connectivity index (χ4v) is 0.807. The van der Waals surface area contributed by atoms with Crippen molar-refractivity contribution in [3.63, 3.8) is 0 Å². The zero-order chi connectivity index (χ0) is 7.94.